The van der Waals surface area contributed by atoms with Gasteiger partial charge in [0.15, 0.2) is 0 Å². The molecule has 6 heteroatoms. The van der Waals surface area contributed by atoms with E-state index in [0.717, 1.165) is 7.11 Å². The number of carbonyl (C=O) groups excluding carboxylic acids is 1. The van der Waals surface area contributed by atoms with E-state index in [1.54, 1.807) is 0 Å². The molecule has 98 valence electrons. The number of methoxy groups -OCH3 is 2. The van der Waals surface area contributed by atoms with Crippen molar-refractivity contribution < 1.29 is 27.4 Å². The Morgan fingerprint density at radius 1 is 1.28 bits per heavy atom. The quantitative estimate of drug-likeness (QED) is 0.619. The smallest absolute Gasteiger partial charge is 0.417 e. The molecule has 0 saturated carbocycles. The number of hydrogen-bond donors (Lipinski definition) is 0. The van der Waals surface area contributed by atoms with Crippen molar-refractivity contribution >= 4 is 11.5 Å². The lowest BCUT2D eigenvalue weighted by atomic mass is 10.0. The molecule has 0 saturated heterocycles. The third-order valence-corrected chi connectivity index (χ3v) is 2.15. The minimum absolute atomic E-state index is 0.160. The van der Waals surface area contributed by atoms with Crippen LogP contribution in [0.15, 0.2) is 30.3 Å². The molecular formula is C12H11F3O3. The molecule has 0 aliphatic rings. The molecule has 0 aromatic heterocycles. The largest absolute Gasteiger partial charge is 0.497 e. The summed E-state index contributed by atoms with van der Waals surface area (Å²) >= 11 is 0. The van der Waals surface area contributed by atoms with E-state index in [0.29, 0.717) is 6.08 Å². The first-order valence-electron chi connectivity index (χ1n) is 4.89. The summed E-state index contributed by atoms with van der Waals surface area (Å²) in [5, 5.41) is 0. The van der Waals surface area contributed by atoms with E-state index < -0.39 is 17.7 Å². The van der Waals surface area contributed by atoms with E-state index in [9.17, 15) is 18.0 Å². The highest BCUT2D eigenvalue weighted by Gasteiger charge is 2.35. The summed E-state index contributed by atoms with van der Waals surface area (Å²) in [5.74, 6) is -0.794. The zero-order chi connectivity index (χ0) is 13.8. The van der Waals surface area contributed by atoms with Crippen LogP contribution in [0, 0.1) is 0 Å². The molecule has 0 bridgehead atoms. The van der Waals surface area contributed by atoms with Crippen LogP contribution >= 0.6 is 0 Å². The Bertz CT molecular complexity index is 464. The molecule has 0 radical (unpaired) electrons. The summed E-state index contributed by atoms with van der Waals surface area (Å²) in [4.78, 5) is 11.0. The Kier molecular flexibility index (Phi) is 4.36. The lowest BCUT2D eigenvalue weighted by Crippen LogP contribution is -2.13. The maximum absolute atomic E-state index is 12.8. The average Bonchev–Trinajstić information content (AvgIpc) is 2.34. The maximum Gasteiger partial charge on any atom is 0.417 e. The molecule has 0 unspecified atom stereocenters. The molecule has 1 aromatic carbocycles. The van der Waals surface area contributed by atoms with Gasteiger partial charge < -0.3 is 9.47 Å². The molecule has 0 amide bonds. The van der Waals surface area contributed by atoms with Gasteiger partial charge in [0, 0.05) is 6.08 Å². The van der Waals surface area contributed by atoms with Gasteiger partial charge in [-0.25, -0.2) is 4.79 Å². The monoisotopic (exact) mass is 260 g/mol. The Morgan fingerprint density at radius 3 is 2.44 bits per heavy atom. The average molecular weight is 260 g/mol. The number of esters is 1. The maximum atomic E-state index is 12.8. The molecule has 18 heavy (non-hydrogen) atoms. The second-order valence-corrected chi connectivity index (χ2v) is 3.31. The van der Waals surface area contributed by atoms with Gasteiger partial charge >= 0.3 is 12.1 Å². The first-order chi connectivity index (χ1) is 8.38. The zero-order valence-corrected chi connectivity index (χ0v) is 9.75. The summed E-state index contributed by atoms with van der Waals surface area (Å²) in [6.45, 7) is 0. The second kappa shape index (κ2) is 5.57. The normalized spacial score (nSPS) is 12.2. The number of ether oxygens (including phenoxy) is 2. The van der Waals surface area contributed by atoms with Crippen molar-refractivity contribution in [1.29, 1.82) is 0 Å². The lowest BCUT2D eigenvalue weighted by Gasteiger charge is -2.12. The van der Waals surface area contributed by atoms with Crippen molar-refractivity contribution in [2.45, 2.75) is 6.18 Å². The number of rotatable bonds is 3. The fourth-order valence-corrected chi connectivity index (χ4v) is 1.30. The first kappa shape index (κ1) is 14.1. The summed E-state index contributed by atoms with van der Waals surface area (Å²) in [6.07, 6.45) is -4.24. The van der Waals surface area contributed by atoms with Gasteiger partial charge in [-0.3, -0.25) is 0 Å². The molecule has 0 fully saturated rings. The van der Waals surface area contributed by atoms with E-state index in [2.05, 4.69) is 4.74 Å². The summed E-state index contributed by atoms with van der Waals surface area (Å²) in [5.41, 5.74) is -1.24. The van der Waals surface area contributed by atoms with Crippen molar-refractivity contribution in [1.82, 2.24) is 0 Å². The third-order valence-electron chi connectivity index (χ3n) is 2.15. The highest BCUT2D eigenvalue weighted by Crippen LogP contribution is 2.35. The van der Waals surface area contributed by atoms with Crippen LogP contribution in [0.5, 0.6) is 5.75 Å². The summed E-state index contributed by atoms with van der Waals surface area (Å²) in [7, 11) is 2.36. The molecule has 0 atom stereocenters. The highest BCUT2D eigenvalue weighted by atomic mass is 19.4. The Labute approximate surface area is 102 Å². The highest BCUT2D eigenvalue weighted by molar-refractivity contribution is 5.92. The fraction of sp³-hybridized carbons (Fsp3) is 0.250. The number of alkyl halides is 3. The number of hydrogen-bond acceptors (Lipinski definition) is 3. The van der Waals surface area contributed by atoms with Gasteiger partial charge in [0.1, 0.15) is 5.75 Å². The molecule has 0 N–H and O–H groups in total. The van der Waals surface area contributed by atoms with Gasteiger partial charge in [0.2, 0.25) is 0 Å². The van der Waals surface area contributed by atoms with Crippen LogP contribution in [0.3, 0.4) is 0 Å². The van der Waals surface area contributed by atoms with Crippen LogP contribution in [0.2, 0.25) is 0 Å². The van der Waals surface area contributed by atoms with Crippen molar-refractivity contribution in [2.24, 2.45) is 0 Å². The third kappa shape index (κ3) is 3.51. The van der Waals surface area contributed by atoms with Crippen molar-refractivity contribution in [3.8, 4) is 5.75 Å². The van der Waals surface area contributed by atoms with Crippen LogP contribution in [-0.2, 0) is 9.53 Å². The van der Waals surface area contributed by atoms with Crippen molar-refractivity contribution in [3.05, 3.63) is 35.9 Å². The van der Waals surface area contributed by atoms with Gasteiger partial charge in [0.05, 0.1) is 19.8 Å². The minimum atomic E-state index is -4.65. The topological polar surface area (TPSA) is 35.5 Å². The van der Waals surface area contributed by atoms with Gasteiger partial charge in [0.25, 0.3) is 0 Å². The van der Waals surface area contributed by atoms with E-state index in [1.807, 2.05) is 0 Å². The standard InChI is InChI=1S/C12H11F3O3/c1-17-9-5-3-4-8(6-9)10(12(13,14)15)7-11(16)18-2/h3-7H,1-2H3. The minimum Gasteiger partial charge on any atom is -0.497 e. The fourth-order valence-electron chi connectivity index (χ4n) is 1.30. The van der Waals surface area contributed by atoms with Crippen LogP contribution in [0.1, 0.15) is 5.56 Å². The molecule has 1 rings (SSSR count). The summed E-state index contributed by atoms with van der Waals surface area (Å²) < 4.78 is 47.5. The van der Waals surface area contributed by atoms with Crippen LogP contribution in [0.4, 0.5) is 13.2 Å². The number of carbonyl (C=O) groups is 1. The van der Waals surface area contributed by atoms with E-state index >= 15 is 0 Å². The number of halogens is 3. The van der Waals surface area contributed by atoms with Gasteiger partial charge in [-0.15, -0.1) is 0 Å². The number of benzene rings is 1. The van der Waals surface area contributed by atoms with E-state index in [4.69, 9.17) is 4.74 Å². The van der Waals surface area contributed by atoms with E-state index in [-0.39, 0.29) is 11.3 Å². The molecule has 3 nitrogen and oxygen atoms in total. The Balaban J connectivity index is 3.26. The Morgan fingerprint density at radius 2 is 1.94 bits per heavy atom. The second-order valence-electron chi connectivity index (χ2n) is 3.31. The van der Waals surface area contributed by atoms with Crippen molar-refractivity contribution in [2.75, 3.05) is 14.2 Å². The molecule has 0 heterocycles. The predicted molar refractivity (Wildman–Crippen MR) is 59.0 cm³/mol. The van der Waals surface area contributed by atoms with Crippen LogP contribution in [0.25, 0.3) is 5.57 Å². The van der Waals surface area contributed by atoms with Gasteiger partial charge in [-0.05, 0) is 17.7 Å². The van der Waals surface area contributed by atoms with Crippen molar-refractivity contribution in [3.63, 3.8) is 0 Å². The van der Waals surface area contributed by atoms with Gasteiger partial charge in [-0.1, -0.05) is 12.1 Å². The molecule has 0 aliphatic heterocycles. The molecule has 0 spiro atoms. The summed E-state index contributed by atoms with van der Waals surface area (Å²) in [6, 6.07) is 5.35. The van der Waals surface area contributed by atoms with Crippen LogP contribution < -0.4 is 4.74 Å². The lowest BCUT2D eigenvalue weighted by molar-refractivity contribution is -0.135. The molecular weight excluding hydrogens is 249 g/mol. The van der Waals surface area contributed by atoms with E-state index in [1.165, 1.54) is 31.4 Å². The van der Waals surface area contributed by atoms with Crippen LogP contribution in [-0.4, -0.2) is 26.4 Å². The Hall–Kier alpha value is -1.98. The zero-order valence-electron chi connectivity index (χ0n) is 9.75. The SMILES string of the molecule is COC(=O)C=C(c1cccc(OC)c1)C(F)(F)F. The number of allylic oxidation sites excluding steroid dienone is 1. The molecule has 1 aromatic rings. The predicted octanol–water partition coefficient (Wildman–Crippen LogP) is 2.81. The van der Waals surface area contributed by atoms with Gasteiger partial charge in [-0.2, -0.15) is 13.2 Å². The first-order valence-corrected chi connectivity index (χ1v) is 4.89. The molecule has 0 aliphatic carbocycles.